The Hall–Kier alpha value is -0.900. The van der Waals surface area contributed by atoms with Crippen LogP contribution < -0.4 is 0 Å². The minimum Gasteiger partial charge on any atom is -0.393 e. The Morgan fingerprint density at radius 3 is 2.31 bits per heavy atom. The first-order valence-electron chi connectivity index (χ1n) is 22.3. The highest BCUT2D eigenvalue weighted by Crippen LogP contribution is 2.69. The van der Waals surface area contributed by atoms with Gasteiger partial charge >= 0.3 is 0 Å². The Balaban J connectivity index is 0.795. The summed E-state index contributed by atoms with van der Waals surface area (Å²) in [4.78, 5) is 0. The smallest absolute Gasteiger partial charge is 0.187 e. The monoisotopic (exact) mass is 840 g/mol. The quantitative estimate of drug-likeness (QED) is 0.156. The molecule has 23 atom stereocenters. The van der Waals surface area contributed by atoms with Crippen LogP contribution in [0.5, 0.6) is 0 Å². The zero-order valence-electron chi connectivity index (χ0n) is 34.8. The second-order valence-electron chi connectivity index (χ2n) is 20.4. The maximum absolute atomic E-state index is 11.3. The van der Waals surface area contributed by atoms with Gasteiger partial charge in [-0.1, -0.05) is 32.4 Å². The lowest BCUT2D eigenvalue weighted by atomic mass is 9.47. The number of hydrogen-bond donors (Lipinski definition) is 8. The molecular formula is C43H68O16. The fourth-order valence-corrected chi connectivity index (χ4v) is 13.1. The molecule has 0 aromatic heterocycles. The van der Waals surface area contributed by atoms with Gasteiger partial charge in [-0.2, -0.15) is 0 Å². The first-order chi connectivity index (χ1) is 28.0. The Morgan fingerprint density at radius 2 is 1.58 bits per heavy atom. The van der Waals surface area contributed by atoms with Crippen LogP contribution in [0.2, 0.25) is 0 Å². The molecular weight excluding hydrogens is 772 g/mol. The molecule has 3 saturated carbocycles. The van der Waals surface area contributed by atoms with E-state index in [0.29, 0.717) is 29.6 Å². The van der Waals surface area contributed by atoms with Gasteiger partial charge in [0.2, 0.25) is 0 Å². The Labute approximate surface area is 346 Å². The second-order valence-corrected chi connectivity index (χ2v) is 20.4. The summed E-state index contributed by atoms with van der Waals surface area (Å²) in [5, 5.41) is 84.6. The largest absolute Gasteiger partial charge is 0.393 e. The third-order valence-electron chi connectivity index (χ3n) is 16.9. The number of aliphatic hydroxyl groups is 8. The Morgan fingerprint density at radius 1 is 0.814 bits per heavy atom. The van der Waals surface area contributed by atoms with Crippen LogP contribution in [-0.2, 0) is 37.9 Å². The predicted molar refractivity (Wildman–Crippen MR) is 204 cm³/mol. The van der Waals surface area contributed by atoms with Crippen molar-refractivity contribution < 1.29 is 78.7 Å². The van der Waals surface area contributed by atoms with E-state index in [2.05, 4.69) is 26.8 Å². The second kappa shape index (κ2) is 16.0. The van der Waals surface area contributed by atoms with Gasteiger partial charge in [0.05, 0.1) is 44.7 Å². The van der Waals surface area contributed by atoms with Crippen LogP contribution in [0, 0.1) is 40.4 Å². The number of allylic oxidation sites excluding steroid dienone is 1. The van der Waals surface area contributed by atoms with Crippen molar-refractivity contribution in [3.63, 3.8) is 0 Å². The summed E-state index contributed by atoms with van der Waals surface area (Å²) in [7, 11) is 0. The maximum atomic E-state index is 11.3. The van der Waals surface area contributed by atoms with E-state index in [4.69, 9.17) is 37.9 Å². The number of fused-ring (bicyclic) bond motifs is 7. The molecule has 8 N–H and O–H groups in total. The Kier molecular flexibility index (Phi) is 11.7. The normalized spacial score (nSPS) is 57.2. The summed E-state index contributed by atoms with van der Waals surface area (Å²) in [5.74, 6) is 2.62. The minimum absolute atomic E-state index is 0.0684. The third kappa shape index (κ3) is 7.30. The first-order valence-corrected chi connectivity index (χ1v) is 22.3. The highest BCUT2D eigenvalue weighted by Gasteiger charge is 2.66. The molecule has 8 fully saturated rings. The van der Waals surface area contributed by atoms with Crippen molar-refractivity contribution in [3.8, 4) is 0 Å². The topological polar surface area (TPSA) is 236 Å². The predicted octanol–water partition coefficient (Wildman–Crippen LogP) is 0.609. The van der Waals surface area contributed by atoms with E-state index in [9.17, 15) is 40.9 Å². The van der Waals surface area contributed by atoms with Crippen molar-refractivity contribution in [1.29, 1.82) is 0 Å². The van der Waals surface area contributed by atoms with Gasteiger partial charge < -0.3 is 78.7 Å². The molecule has 5 saturated heterocycles. The number of rotatable bonds is 8. The van der Waals surface area contributed by atoms with E-state index >= 15 is 0 Å². The van der Waals surface area contributed by atoms with Crippen LogP contribution in [0.1, 0.15) is 91.9 Å². The molecule has 0 radical (unpaired) electrons. The van der Waals surface area contributed by atoms with Crippen LogP contribution in [0.4, 0.5) is 0 Å². The summed E-state index contributed by atoms with van der Waals surface area (Å²) in [5.41, 5.74) is -0.183. The van der Waals surface area contributed by atoms with E-state index in [1.54, 1.807) is 6.92 Å². The standard InChI is InChI=1S/C43H68O16/c1-20-7-12-43(54-16-20)15-27-28(59-43)14-26-24-6-5-22-13-23(8-10-40(22,3)25(24)9-11-41(26,27)4)56-37-34(49)32(47)35(21(2)55-37)58-38-33(48)31(46)30(45)29(57-38)17-52-39-36(50)42(51,18-44)19-53-39/h5,20-21,23-39,44-51H,6-19H2,1-4H3. The molecule has 59 heavy (non-hydrogen) atoms. The molecule has 5 aliphatic heterocycles. The van der Waals surface area contributed by atoms with Crippen LogP contribution in [-0.4, -0.2) is 165 Å². The lowest BCUT2D eigenvalue weighted by Crippen LogP contribution is -2.64. The van der Waals surface area contributed by atoms with Gasteiger partial charge in [0.15, 0.2) is 24.7 Å². The summed E-state index contributed by atoms with van der Waals surface area (Å²) >= 11 is 0. The molecule has 16 nitrogen and oxygen atoms in total. The minimum atomic E-state index is -1.93. The lowest BCUT2D eigenvalue weighted by Gasteiger charge is -2.58. The van der Waals surface area contributed by atoms with Gasteiger partial charge in [-0.05, 0) is 98.7 Å². The first kappa shape index (κ1) is 43.4. The van der Waals surface area contributed by atoms with Crippen molar-refractivity contribution in [3.05, 3.63) is 11.6 Å². The average Bonchev–Trinajstić information content (AvgIpc) is 3.82. The van der Waals surface area contributed by atoms with E-state index in [1.807, 2.05) is 0 Å². The lowest BCUT2D eigenvalue weighted by molar-refractivity contribution is -0.361. The van der Waals surface area contributed by atoms with Gasteiger partial charge in [-0.15, -0.1) is 0 Å². The molecule has 1 spiro atoms. The van der Waals surface area contributed by atoms with E-state index in [-0.39, 0.29) is 28.8 Å². The van der Waals surface area contributed by atoms with E-state index < -0.39 is 99.2 Å². The number of aliphatic hydroxyl groups excluding tert-OH is 7. The van der Waals surface area contributed by atoms with Crippen LogP contribution in [0.15, 0.2) is 11.6 Å². The van der Waals surface area contributed by atoms with Crippen LogP contribution >= 0.6 is 0 Å². The average molecular weight is 841 g/mol. The highest BCUT2D eigenvalue weighted by molar-refractivity contribution is 5.26. The van der Waals surface area contributed by atoms with Gasteiger partial charge in [0.25, 0.3) is 0 Å². The molecule has 0 amide bonds. The van der Waals surface area contributed by atoms with E-state index in [1.165, 1.54) is 24.8 Å². The summed E-state index contributed by atoms with van der Waals surface area (Å²) in [6, 6.07) is 0. The van der Waals surface area contributed by atoms with Crippen molar-refractivity contribution in [2.75, 3.05) is 26.4 Å². The maximum Gasteiger partial charge on any atom is 0.187 e. The van der Waals surface area contributed by atoms with Gasteiger partial charge in [0.1, 0.15) is 54.4 Å². The molecule has 336 valence electrons. The fourth-order valence-electron chi connectivity index (χ4n) is 13.1. The van der Waals surface area contributed by atoms with Gasteiger partial charge in [0, 0.05) is 12.8 Å². The third-order valence-corrected chi connectivity index (χ3v) is 16.9. The van der Waals surface area contributed by atoms with Crippen LogP contribution in [0.3, 0.4) is 0 Å². The van der Waals surface area contributed by atoms with Gasteiger partial charge in [-0.25, -0.2) is 0 Å². The van der Waals surface area contributed by atoms with Crippen molar-refractivity contribution >= 4 is 0 Å². The highest BCUT2D eigenvalue weighted by atomic mass is 16.8. The molecule has 9 rings (SSSR count). The number of ether oxygens (including phenoxy) is 8. The van der Waals surface area contributed by atoms with Crippen molar-refractivity contribution in [1.82, 2.24) is 0 Å². The summed E-state index contributed by atoms with van der Waals surface area (Å²) in [6.45, 7) is 8.07. The molecule has 0 aromatic carbocycles. The molecule has 16 heteroatoms. The van der Waals surface area contributed by atoms with Crippen molar-refractivity contribution in [2.45, 2.75) is 189 Å². The van der Waals surface area contributed by atoms with E-state index in [0.717, 1.165) is 51.6 Å². The Bertz CT molecular complexity index is 1540. The molecule has 23 unspecified atom stereocenters. The van der Waals surface area contributed by atoms with Gasteiger partial charge in [-0.3, -0.25) is 0 Å². The van der Waals surface area contributed by atoms with Crippen molar-refractivity contribution in [2.24, 2.45) is 40.4 Å². The zero-order valence-corrected chi connectivity index (χ0v) is 34.8. The molecule has 0 aromatic rings. The van der Waals surface area contributed by atoms with Crippen LogP contribution in [0.25, 0.3) is 0 Å². The summed E-state index contributed by atoms with van der Waals surface area (Å²) < 4.78 is 48.3. The SMILES string of the molecule is CC1CCC2(CC3C(CC4C5CC=C6CC(OC7OC(C)C(OC8OC(COC9OCC(O)(CO)C9O)C(O)C(O)C8O)C(O)C7O)CCC6(C)C5CCC34C)O2)OC1. The molecule has 9 aliphatic rings. The molecule has 5 heterocycles. The molecule has 4 aliphatic carbocycles. The zero-order chi connectivity index (χ0) is 41.8. The molecule has 0 bridgehead atoms. The number of hydrogen-bond acceptors (Lipinski definition) is 16. The fraction of sp³-hybridized carbons (Fsp3) is 0.953. The summed E-state index contributed by atoms with van der Waals surface area (Å²) in [6.07, 6.45) is -4.38.